The molecule has 0 spiro atoms. The lowest BCUT2D eigenvalue weighted by molar-refractivity contribution is -0.138. The van der Waals surface area contributed by atoms with Crippen molar-refractivity contribution in [2.75, 3.05) is 19.6 Å². The quantitative estimate of drug-likeness (QED) is 0.723. The molecule has 0 radical (unpaired) electrons. The number of likely N-dealkylation sites (N-methyl/N-ethyl adjacent to an activating group) is 1. The number of nitrogens with zero attached hydrogens (tertiary/aromatic N) is 2. The zero-order valence-corrected chi connectivity index (χ0v) is 12.8. The Hall–Kier alpha value is -1.79. The molecule has 0 aliphatic heterocycles. The largest absolute Gasteiger partial charge is 0.480 e. The van der Waals surface area contributed by atoms with Crippen molar-refractivity contribution in [3.8, 4) is 0 Å². The first-order chi connectivity index (χ1) is 9.24. The summed E-state index contributed by atoms with van der Waals surface area (Å²) in [5.41, 5.74) is 0. The van der Waals surface area contributed by atoms with E-state index in [1.54, 1.807) is 25.7 Å². The summed E-state index contributed by atoms with van der Waals surface area (Å²) >= 11 is 0. The Morgan fingerprint density at radius 3 is 1.95 bits per heavy atom. The first-order valence-electron chi connectivity index (χ1n) is 6.82. The van der Waals surface area contributed by atoms with Crippen LogP contribution in [-0.2, 0) is 9.59 Å². The Morgan fingerprint density at radius 2 is 1.60 bits per heavy atom. The number of nitrogens with one attached hydrogen (secondary N) is 1. The first kappa shape index (κ1) is 18.2. The van der Waals surface area contributed by atoms with Crippen LogP contribution in [0.1, 0.15) is 34.6 Å². The van der Waals surface area contributed by atoms with Crippen molar-refractivity contribution in [2.24, 2.45) is 0 Å². The zero-order chi connectivity index (χ0) is 15.9. The summed E-state index contributed by atoms with van der Waals surface area (Å²) in [7, 11) is 0. The standard InChI is InChI=1S/C13H25N3O4/c1-6-15(7-2)12(19)10(5)14-13(20)16(9(3)4)8-11(17)18/h9-10H,6-8H2,1-5H3,(H,14,20)(H,17,18). The molecule has 7 nitrogen and oxygen atoms in total. The summed E-state index contributed by atoms with van der Waals surface area (Å²) < 4.78 is 0. The molecular formula is C13H25N3O4. The first-order valence-corrected chi connectivity index (χ1v) is 6.82. The molecule has 1 atom stereocenters. The molecule has 2 N–H and O–H groups in total. The minimum absolute atomic E-state index is 0.178. The van der Waals surface area contributed by atoms with E-state index < -0.39 is 24.6 Å². The van der Waals surface area contributed by atoms with Crippen molar-refractivity contribution in [2.45, 2.75) is 46.7 Å². The molecule has 116 valence electrons. The van der Waals surface area contributed by atoms with Crippen molar-refractivity contribution in [1.82, 2.24) is 15.1 Å². The molecule has 0 saturated carbocycles. The van der Waals surface area contributed by atoms with Crippen LogP contribution in [0.15, 0.2) is 0 Å². The third-order valence-electron chi connectivity index (χ3n) is 2.98. The number of hydrogen-bond donors (Lipinski definition) is 2. The van der Waals surface area contributed by atoms with Gasteiger partial charge in [-0.15, -0.1) is 0 Å². The topological polar surface area (TPSA) is 90.0 Å². The normalized spacial score (nSPS) is 11.9. The van der Waals surface area contributed by atoms with Gasteiger partial charge in [-0.1, -0.05) is 0 Å². The number of amides is 3. The van der Waals surface area contributed by atoms with E-state index in [-0.39, 0.29) is 11.9 Å². The smallest absolute Gasteiger partial charge is 0.323 e. The second-order valence-corrected chi connectivity index (χ2v) is 4.80. The highest BCUT2D eigenvalue weighted by molar-refractivity contribution is 5.88. The maximum absolute atomic E-state index is 12.0. The predicted molar refractivity (Wildman–Crippen MR) is 75.4 cm³/mol. The minimum atomic E-state index is -1.09. The van der Waals surface area contributed by atoms with Gasteiger partial charge in [0.25, 0.3) is 0 Å². The molecule has 0 aromatic heterocycles. The predicted octanol–water partition coefficient (Wildman–Crippen LogP) is 0.748. The molecule has 0 saturated heterocycles. The van der Waals surface area contributed by atoms with Gasteiger partial charge in [0.2, 0.25) is 5.91 Å². The number of carboxylic acid groups (broad SMARTS) is 1. The van der Waals surface area contributed by atoms with Gasteiger partial charge in [0.15, 0.2) is 0 Å². The molecule has 0 aromatic carbocycles. The van der Waals surface area contributed by atoms with Crippen molar-refractivity contribution in [1.29, 1.82) is 0 Å². The molecule has 20 heavy (non-hydrogen) atoms. The number of carbonyl (C=O) groups is 3. The van der Waals surface area contributed by atoms with Crippen LogP contribution in [0, 0.1) is 0 Å². The van der Waals surface area contributed by atoms with E-state index in [0.717, 1.165) is 0 Å². The highest BCUT2D eigenvalue weighted by atomic mass is 16.4. The molecule has 0 aliphatic carbocycles. The van der Waals surface area contributed by atoms with E-state index in [4.69, 9.17) is 5.11 Å². The van der Waals surface area contributed by atoms with Crippen LogP contribution in [0.3, 0.4) is 0 Å². The Labute approximate surface area is 119 Å². The Morgan fingerprint density at radius 1 is 1.10 bits per heavy atom. The van der Waals surface area contributed by atoms with Gasteiger partial charge in [-0.05, 0) is 34.6 Å². The summed E-state index contributed by atoms with van der Waals surface area (Å²) in [4.78, 5) is 37.6. The molecule has 0 aliphatic rings. The Balaban J connectivity index is 4.70. The fourth-order valence-corrected chi connectivity index (χ4v) is 1.77. The molecule has 7 heteroatoms. The summed E-state index contributed by atoms with van der Waals surface area (Å²) in [6.45, 7) is 9.50. The van der Waals surface area contributed by atoms with E-state index >= 15 is 0 Å². The lowest BCUT2D eigenvalue weighted by atomic mass is 10.2. The molecule has 1 unspecified atom stereocenters. The third-order valence-corrected chi connectivity index (χ3v) is 2.98. The average Bonchev–Trinajstić information content (AvgIpc) is 2.36. The fraction of sp³-hybridized carbons (Fsp3) is 0.769. The molecular weight excluding hydrogens is 262 g/mol. The van der Waals surface area contributed by atoms with Gasteiger partial charge in [0.05, 0.1) is 0 Å². The summed E-state index contributed by atoms with van der Waals surface area (Å²) in [5, 5.41) is 11.3. The number of hydrogen-bond acceptors (Lipinski definition) is 3. The Bertz CT molecular complexity index is 354. The highest BCUT2D eigenvalue weighted by Crippen LogP contribution is 2.01. The van der Waals surface area contributed by atoms with Gasteiger partial charge in [0, 0.05) is 19.1 Å². The minimum Gasteiger partial charge on any atom is -0.480 e. The molecule has 0 aromatic rings. The van der Waals surface area contributed by atoms with Crippen molar-refractivity contribution < 1.29 is 19.5 Å². The van der Waals surface area contributed by atoms with E-state index in [1.165, 1.54) is 4.90 Å². The van der Waals surface area contributed by atoms with Gasteiger partial charge < -0.3 is 20.2 Å². The van der Waals surface area contributed by atoms with E-state index in [9.17, 15) is 14.4 Å². The van der Waals surface area contributed by atoms with Crippen LogP contribution >= 0.6 is 0 Å². The average molecular weight is 287 g/mol. The number of aliphatic carboxylic acids is 1. The zero-order valence-electron chi connectivity index (χ0n) is 12.8. The second kappa shape index (κ2) is 8.39. The fourth-order valence-electron chi connectivity index (χ4n) is 1.77. The summed E-state index contributed by atoms with van der Waals surface area (Å²) in [5.74, 6) is -1.26. The van der Waals surface area contributed by atoms with Gasteiger partial charge in [-0.25, -0.2) is 4.79 Å². The van der Waals surface area contributed by atoms with Crippen LogP contribution in [-0.4, -0.2) is 64.5 Å². The Kier molecular flexibility index (Phi) is 7.64. The maximum Gasteiger partial charge on any atom is 0.323 e. The molecule has 0 rings (SSSR count). The number of urea groups is 1. The lowest BCUT2D eigenvalue weighted by Gasteiger charge is -2.28. The van der Waals surface area contributed by atoms with Crippen LogP contribution in [0.2, 0.25) is 0 Å². The molecule has 0 bridgehead atoms. The third kappa shape index (κ3) is 5.46. The van der Waals surface area contributed by atoms with Crippen LogP contribution in [0.4, 0.5) is 4.79 Å². The summed E-state index contributed by atoms with van der Waals surface area (Å²) in [6, 6.07) is -1.49. The molecule has 3 amide bonds. The van der Waals surface area contributed by atoms with Gasteiger partial charge in [0.1, 0.15) is 12.6 Å². The van der Waals surface area contributed by atoms with Gasteiger partial charge in [-0.3, -0.25) is 9.59 Å². The number of rotatable bonds is 7. The van der Waals surface area contributed by atoms with Crippen LogP contribution in [0.25, 0.3) is 0 Å². The van der Waals surface area contributed by atoms with E-state index in [1.807, 2.05) is 13.8 Å². The van der Waals surface area contributed by atoms with Crippen LogP contribution in [0.5, 0.6) is 0 Å². The van der Waals surface area contributed by atoms with E-state index in [2.05, 4.69) is 5.32 Å². The van der Waals surface area contributed by atoms with Crippen molar-refractivity contribution >= 4 is 17.9 Å². The number of carboxylic acids is 1. The summed E-state index contributed by atoms with van der Waals surface area (Å²) in [6.07, 6.45) is 0. The van der Waals surface area contributed by atoms with E-state index in [0.29, 0.717) is 13.1 Å². The van der Waals surface area contributed by atoms with Crippen molar-refractivity contribution in [3.05, 3.63) is 0 Å². The highest BCUT2D eigenvalue weighted by Gasteiger charge is 2.25. The molecule has 0 fully saturated rings. The molecule has 0 heterocycles. The monoisotopic (exact) mass is 287 g/mol. The second-order valence-electron chi connectivity index (χ2n) is 4.80. The maximum atomic E-state index is 12.0. The lowest BCUT2D eigenvalue weighted by Crippen LogP contribution is -2.53. The van der Waals surface area contributed by atoms with Crippen LogP contribution < -0.4 is 5.32 Å². The van der Waals surface area contributed by atoms with Gasteiger partial charge >= 0.3 is 12.0 Å². The SMILES string of the molecule is CCN(CC)C(=O)C(C)NC(=O)N(CC(=O)O)C(C)C. The van der Waals surface area contributed by atoms with Crippen molar-refractivity contribution in [3.63, 3.8) is 0 Å². The van der Waals surface area contributed by atoms with Gasteiger partial charge in [-0.2, -0.15) is 0 Å². The number of carbonyl (C=O) groups excluding carboxylic acids is 2.